The molecule has 0 spiro atoms. The second-order valence-electron chi connectivity index (χ2n) is 6.54. The van der Waals surface area contributed by atoms with Gasteiger partial charge in [0.2, 0.25) is 0 Å². The van der Waals surface area contributed by atoms with E-state index in [4.69, 9.17) is 4.74 Å². The van der Waals surface area contributed by atoms with Gasteiger partial charge in [0.25, 0.3) is 0 Å². The number of ether oxygens (including phenoxy) is 1. The van der Waals surface area contributed by atoms with Crippen molar-refractivity contribution in [2.45, 2.75) is 39.0 Å². The predicted molar refractivity (Wildman–Crippen MR) is 96.3 cm³/mol. The van der Waals surface area contributed by atoms with E-state index in [0.717, 1.165) is 16.0 Å². The lowest BCUT2D eigenvalue weighted by molar-refractivity contribution is -0.136. The number of aromatic nitrogens is 1. The van der Waals surface area contributed by atoms with Crippen molar-refractivity contribution in [2.75, 3.05) is 5.32 Å². The summed E-state index contributed by atoms with van der Waals surface area (Å²) in [5, 5.41) is 15.0. The summed E-state index contributed by atoms with van der Waals surface area (Å²) in [5.41, 5.74) is 1.73. The fourth-order valence-corrected chi connectivity index (χ4v) is 3.76. The van der Waals surface area contributed by atoms with Crippen molar-refractivity contribution in [2.24, 2.45) is 0 Å². The van der Waals surface area contributed by atoms with Gasteiger partial charge in [-0.2, -0.15) is 5.26 Å². The van der Waals surface area contributed by atoms with Gasteiger partial charge in [0.15, 0.2) is 0 Å². The van der Waals surface area contributed by atoms with Gasteiger partial charge in [0, 0.05) is 30.2 Å². The van der Waals surface area contributed by atoms with Crippen molar-refractivity contribution in [3.63, 3.8) is 0 Å². The Morgan fingerprint density at radius 3 is 2.92 bits per heavy atom. The van der Waals surface area contributed by atoms with Crippen LogP contribution in [-0.4, -0.2) is 22.4 Å². The Bertz CT molecular complexity index is 884. The first kappa shape index (κ1) is 18.0. The quantitative estimate of drug-likeness (QED) is 0.806. The highest BCUT2D eigenvalue weighted by Gasteiger charge is 2.32. The molecular formula is C18H18N4O3S. The Morgan fingerprint density at radius 1 is 1.42 bits per heavy atom. The van der Waals surface area contributed by atoms with E-state index in [1.165, 1.54) is 11.3 Å². The molecule has 0 radical (unpaired) electrons. The molecule has 2 N–H and O–H groups in total. The summed E-state index contributed by atoms with van der Waals surface area (Å²) in [6, 6.07) is 5.69. The molecule has 1 aliphatic heterocycles. The van der Waals surface area contributed by atoms with Crippen LogP contribution >= 0.6 is 11.3 Å². The SMILES string of the molecule is CC1(C)Cc2c(sc(NC(=O)C(=O)NCc3cccnc3)c2C#N)CO1. The molecule has 2 amide bonds. The molecule has 8 heteroatoms. The molecule has 0 saturated heterocycles. The van der Waals surface area contributed by atoms with E-state index < -0.39 is 11.8 Å². The van der Waals surface area contributed by atoms with Gasteiger partial charge in [-0.3, -0.25) is 14.6 Å². The molecule has 0 saturated carbocycles. The monoisotopic (exact) mass is 370 g/mol. The number of thiophene rings is 1. The van der Waals surface area contributed by atoms with E-state index in [1.54, 1.807) is 24.5 Å². The minimum Gasteiger partial charge on any atom is -0.370 e. The van der Waals surface area contributed by atoms with E-state index >= 15 is 0 Å². The van der Waals surface area contributed by atoms with Crippen molar-refractivity contribution >= 4 is 28.2 Å². The third-order valence-corrected chi connectivity index (χ3v) is 5.13. The van der Waals surface area contributed by atoms with Crippen LogP contribution in [0.3, 0.4) is 0 Å². The molecule has 1 aliphatic rings. The number of nitrogens with zero attached hydrogens (tertiary/aromatic N) is 2. The molecule has 134 valence electrons. The number of rotatable bonds is 3. The van der Waals surface area contributed by atoms with Crippen LogP contribution in [0.15, 0.2) is 24.5 Å². The number of carbonyl (C=O) groups is 2. The number of pyridine rings is 1. The molecular weight excluding hydrogens is 352 g/mol. The van der Waals surface area contributed by atoms with Gasteiger partial charge in [-0.1, -0.05) is 6.07 Å². The van der Waals surface area contributed by atoms with Gasteiger partial charge in [-0.05, 0) is 31.0 Å². The first-order valence-electron chi connectivity index (χ1n) is 8.06. The lowest BCUT2D eigenvalue weighted by atomic mass is 9.93. The topological polar surface area (TPSA) is 104 Å². The van der Waals surface area contributed by atoms with Crippen LogP contribution in [0.1, 0.15) is 35.4 Å². The van der Waals surface area contributed by atoms with E-state index in [-0.39, 0.29) is 12.1 Å². The Kier molecular flexibility index (Phi) is 5.02. The summed E-state index contributed by atoms with van der Waals surface area (Å²) in [5.74, 6) is -1.56. The molecule has 2 aromatic rings. The minimum absolute atomic E-state index is 0.203. The molecule has 26 heavy (non-hydrogen) atoms. The highest BCUT2D eigenvalue weighted by Crippen LogP contribution is 2.39. The van der Waals surface area contributed by atoms with E-state index in [1.807, 2.05) is 13.8 Å². The maximum atomic E-state index is 12.2. The molecule has 0 aromatic carbocycles. The van der Waals surface area contributed by atoms with Crippen LogP contribution < -0.4 is 10.6 Å². The summed E-state index contributed by atoms with van der Waals surface area (Å²) < 4.78 is 5.75. The number of fused-ring (bicyclic) bond motifs is 1. The second-order valence-corrected chi connectivity index (χ2v) is 7.65. The average Bonchev–Trinajstić information content (AvgIpc) is 2.95. The Morgan fingerprint density at radius 2 is 2.23 bits per heavy atom. The van der Waals surface area contributed by atoms with Crippen LogP contribution in [0.25, 0.3) is 0 Å². The van der Waals surface area contributed by atoms with Crippen molar-refractivity contribution < 1.29 is 14.3 Å². The predicted octanol–water partition coefficient (Wildman–Crippen LogP) is 2.12. The highest BCUT2D eigenvalue weighted by molar-refractivity contribution is 7.16. The third-order valence-electron chi connectivity index (χ3n) is 4.01. The van der Waals surface area contributed by atoms with E-state index in [0.29, 0.717) is 23.6 Å². The number of amides is 2. The normalized spacial score (nSPS) is 14.8. The zero-order chi connectivity index (χ0) is 18.7. The van der Waals surface area contributed by atoms with Crippen LogP contribution in [0.2, 0.25) is 0 Å². The zero-order valence-corrected chi connectivity index (χ0v) is 15.3. The maximum Gasteiger partial charge on any atom is 0.314 e. The summed E-state index contributed by atoms with van der Waals surface area (Å²) in [6.45, 7) is 4.51. The molecule has 3 rings (SSSR count). The molecule has 2 aromatic heterocycles. The average molecular weight is 370 g/mol. The van der Waals surface area contributed by atoms with Crippen molar-refractivity contribution in [3.8, 4) is 6.07 Å². The summed E-state index contributed by atoms with van der Waals surface area (Å²) in [7, 11) is 0. The summed E-state index contributed by atoms with van der Waals surface area (Å²) in [4.78, 5) is 29.0. The molecule has 3 heterocycles. The van der Waals surface area contributed by atoms with E-state index in [9.17, 15) is 14.9 Å². The number of anilines is 1. The van der Waals surface area contributed by atoms with E-state index in [2.05, 4.69) is 21.7 Å². The molecule has 0 bridgehead atoms. The van der Waals surface area contributed by atoms with Crippen molar-refractivity contribution in [1.82, 2.24) is 10.3 Å². The lowest BCUT2D eigenvalue weighted by Gasteiger charge is -2.29. The summed E-state index contributed by atoms with van der Waals surface area (Å²) in [6.07, 6.45) is 3.83. The van der Waals surface area contributed by atoms with Crippen LogP contribution in [0.4, 0.5) is 5.00 Å². The van der Waals surface area contributed by atoms with Gasteiger partial charge < -0.3 is 15.4 Å². The Labute approximate surface area is 155 Å². The smallest absolute Gasteiger partial charge is 0.314 e. The molecule has 0 atom stereocenters. The first-order valence-corrected chi connectivity index (χ1v) is 8.88. The van der Waals surface area contributed by atoms with Crippen LogP contribution in [-0.2, 0) is 33.9 Å². The Balaban J connectivity index is 1.69. The number of nitriles is 1. The first-order chi connectivity index (χ1) is 12.4. The lowest BCUT2D eigenvalue weighted by Crippen LogP contribution is -2.35. The summed E-state index contributed by atoms with van der Waals surface area (Å²) >= 11 is 1.28. The number of hydrogen-bond donors (Lipinski definition) is 2. The van der Waals surface area contributed by atoms with Gasteiger partial charge in [-0.25, -0.2) is 0 Å². The fraction of sp³-hybridized carbons (Fsp3) is 0.333. The van der Waals surface area contributed by atoms with Gasteiger partial charge in [0.1, 0.15) is 11.1 Å². The molecule has 0 fully saturated rings. The third kappa shape index (κ3) is 3.90. The van der Waals surface area contributed by atoms with Gasteiger partial charge >= 0.3 is 11.8 Å². The number of nitrogens with one attached hydrogen (secondary N) is 2. The fourth-order valence-electron chi connectivity index (χ4n) is 2.68. The zero-order valence-electron chi connectivity index (χ0n) is 14.5. The standard InChI is InChI=1S/C18H18N4O3S/c1-18(2)6-12-13(7-19)17(26-14(12)10-25-18)22-16(24)15(23)21-9-11-4-3-5-20-8-11/h3-5,8H,6,9-10H2,1-2H3,(H,21,23)(H,22,24). The number of hydrogen-bond acceptors (Lipinski definition) is 6. The van der Waals surface area contributed by atoms with Crippen LogP contribution in [0, 0.1) is 11.3 Å². The van der Waals surface area contributed by atoms with Crippen molar-refractivity contribution in [3.05, 3.63) is 46.1 Å². The highest BCUT2D eigenvalue weighted by atomic mass is 32.1. The maximum absolute atomic E-state index is 12.2. The second kappa shape index (κ2) is 7.23. The van der Waals surface area contributed by atoms with Crippen LogP contribution in [0.5, 0.6) is 0 Å². The largest absolute Gasteiger partial charge is 0.370 e. The van der Waals surface area contributed by atoms with Crippen molar-refractivity contribution in [1.29, 1.82) is 5.26 Å². The Hall–Kier alpha value is -2.76. The molecule has 0 unspecified atom stereocenters. The van der Waals surface area contributed by atoms with Gasteiger partial charge in [0.05, 0.1) is 17.8 Å². The van der Waals surface area contributed by atoms with Gasteiger partial charge in [-0.15, -0.1) is 11.3 Å². The molecule has 0 aliphatic carbocycles. The minimum atomic E-state index is -0.802. The molecule has 7 nitrogen and oxygen atoms in total. The number of carbonyl (C=O) groups excluding carboxylic acids is 2.